The molecule has 1 aliphatic rings. The average molecular weight is 317 g/mol. The monoisotopic (exact) mass is 316 g/mol. The van der Waals surface area contributed by atoms with Gasteiger partial charge in [0.2, 0.25) is 0 Å². The fourth-order valence-electron chi connectivity index (χ4n) is 2.56. The molecule has 0 saturated carbocycles. The van der Waals surface area contributed by atoms with Crippen LogP contribution < -0.4 is 10.2 Å². The number of nitrogens with zero attached hydrogens (tertiary/aromatic N) is 3. The lowest BCUT2D eigenvalue weighted by molar-refractivity contribution is 0.0926. The highest BCUT2D eigenvalue weighted by Gasteiger charge is 2.22. The van der Waals surface area contributed by atoms with E-state index in [4.69, 9.17) is 11.6 Å². The number of hydrogen-bond donors (Lipinski definition) is 1. The normalized spacial score (nSPS) is 15.6. The fourth-order valence-corrected chi connectivity index (χ4v) is 2.68. The van der Waals surface area contributed by atoms with Crippen LogP contribution in [0.3, 0.4) is 0 Å². The van der Waals surface area contributed by atoms with Gasteiger partial charge in [0.15, 0.2) is 0 Å². The Kier molecular flexibility index (Phi) is 4.53. The van der Waals surface area contributed by atoms with Crippen molar-refractivity contribution >= 4 is 23.3 Å². The molecule has 2 aromatic heterocycles. The van der Waals surface area contributed by atoms with E-state index in [0.29, 0.717) is 10.7 Å². The third-order valence-corrected chi connectivity index (χ3v) is 3.99. The molecule has 0 atom stereocenters. The van der Waals surface area contributed by atoms with Gasteiger partial charge in [-0.15, -0.1) is 0 Å². The van der Waals surface area contributed by atoms with Crippen LogP contribution in [0.1, 0.15) is 23.3 Å². The topological polar surface area (TPSA) is 58.1 Å². The number of amides is 1. The predicted molar refractivity (Wildman–Crippen MR) is 86.2 cm³/mol. The van der Waals surface area contributed by atoms with Gasteiger partial charge < -0.3 is 10.2 Å². The van der Waals surface area contributed by atoms with E-state index in [2.05, 4.69) is 20.2 Å². The van der Waals surface area contributed by atoms with Crippen molar-refractivity contribution in [2.45, 2.75) is 18.9 Å². The van der Waals surface area contributed by atoms with Crippen molar-refractivity contribution < 1.29 is 4.79 Å². The summed E-state index contributed by atoms with van der Waals surface area (Å²) in [6.45, 7) is 1.73. The van der Waals surface area contributed by atoms with Crippen LogP contribution >= 0.6 is 11.6 Å². The summed E-state index contributed by atoms with van der Waals surface area (Å²) in [5, 5.41) is 3.69. The molecule has 1 saturated heterocycles. The van der Waals surface area contributed by atoms with Gasteiger partial charge in [0, 0.05) is 31.5 Å². The van der Waals surface area contributed by atoms with Gasteiger partial charge in [0.05, 0.1) is 5.02 Å². The van der Waals surface area contributed by atoms with E-state index >= 15 is 0 Å². The van der Waals surface area contributed by atoms with E-state index in [-0.39, 0.29) is 11.9 Å². The number of carbonyl (C=O) groups excluding carboxylic acids is 1. The lowest BCUT2D eigenvalue weighted by Gasteiger charge is -2.33. The number of rotatable bonds is 3. The Bertz CT molecular complexity index is 624. The number of piperidine rings is 1. The Morgan fingerprint density at radius 3 is 2.64 bits per heavy atom. The van der Waals surface area contributed by atoms with Gasteiger partial charge in [0.25, 0.3) is 5.91 Å². The van der Waals surface area contributed by atoms with Crippen LogP contribution in [0, 0.1) is 0 Å². The maximum absolute atomic E-state index is 12.1. The van der Waals surface area contributed by atoms with Crippen molar-refractivity contribution in [2.24, 2.45) is 0 Å². The molecule has 0 aromatic carbocycles. The number of anilines is 1. The summed E-state index contributed by atoms with van der Waals surface area (Å²) < 4.78 is 0. The number of nitrogens with one attached hydrogen (secondary N) is 1. The molecule has 6 heteroatoms. The summed E-state index contributed by atoms with van der Waals surface area (Å²) in [6.07, 6.45) is 5.07. The molecule has 1 fully saturated rings. The molecule has 0 aliphatic carbocycles. The highest BCUT2D eigenvalue weighted by molar-refractivity contribution is 6.30. The molecule has 114 valence electrons. The highest BCUT2D eigenvalue weighted by Crippen LogP contribution is 2.19. The zero-order chi connectivity index (χ0) is 15.4. The third kappa shape index (κ3) is 3.54. The van der Waals surface area contributed by atoms with Gasteiger partial charge >= 0.3 is 0 Å². The SMILES string of the molecule is O=C(NC1CCN(c2ccc(Cl)cn2)CC1)c1ccccn1. The zero-order valence-corrected chi connectivity index (χ0v) is 12.8. The largest absolute Gasteiger partial charge is 0.356 e. The Labute approximate surface area is 134 Å². The summed E-state index contributed by atoms with van der Waals surface area (Å²) in [5.74, 6) is 0.822. The van der Waals surface area contributed by atoms with Crippen LogP contribution in [-0.2, 0) is 0 Å². The highest BCUT2D eigenvalue weighted by atomic mass is 35.5. The van der Waals surface area contributed by atoms with Crippen LogP contribution in [0.15, 0.2) is 42.7 Å². The second-order valence-corrected chi connectivity index (χ2v) is 5.72. The molecule has 0 spiro atoms. The molecule has 2 aromatic rings. The Balaban J connectivity index is 1.53. The first-order chi connectivity index (χ1) is 10.7. The van der Waals surface area contributed by atoms with E-state index in [1.165, 1.54) is 0 Å². The molecule has 0 unspecified atom stereocenters. The van der Waals surface area contributed by atoms with E-state index in [0.717, 1.165) is 31.7 Å². The molecule has 0 radical (unpaired) electrons. The van der Waals surface area contributed by atoms with Crippen LogP contribution in [0.5, 0.6) is 0 Å². The summed E-state index contributed by atoms with van der Waals surface area (Å²) in [5.41, 5.74) is 0.462. The maximum atomic E-state index is 12.1. The predicted octanol–water partition coefficient (Wildman–Crippen LogP) is 2.53. The molecule has 1 aliphatic heterocycles. The molecule has 3 rings (SSSR count). The van der Waals surface area contributed by atoms with Gasteiger partial charge in [-0.1, -0.05) is 17.7 Å². The Hall–Kier alpha value is -2.14. The van der Waals surface area contributed by atoms with Gasteiger partial charge in [-0.05, 0) is 37.1 Å². The molecular formula is C16H17ClN4O. The first-order valence-corrected chi connectivity index (χ1v) is 7.68. The van der Waals surface area contributed by atoms with E-state index in [9.17, 15) is 4.79 Å². The van der Waals surface area contributed by atoms with Crippen molar-refractivity contribution in [3.63, 3.8) is 0 Å². The maximum Gasteiger partial charge on any atom is 0.270 e. The van der Waals surface area contributed by atoms with Crippen molar-refractivity contribution in [1.82, 2.24) is 15.3 Å². The van der Waals surface area contributed by atoms with Gasteiger partial charge in [-0.2, -0.15) is 0 Å². The number of halogens is 1. The molecule has 3 heterocycles. The minimum atomic E-state index is -0.108. The number of carbonyl (C=O) groups is 1. The van der Waals surface area contributed by atoms with Crippen molar-refractivity contribution in [3.8, 4) is 0 Å². The second kappa shape index (κ2) is 6.75. The number of hydrogen-bond acceptors (Lipinski definition) is 4. The van der Waals surface area contributed by atoms with Gasteiger partial charge in [0.1, 0.15) is 11.5 Å². The van der Waals surface area contributed by atoms with E-state index < -0.39 is 0 Å². The van der Waals surface area contributed by atoms with Gasteiger partial charge in [-0.3, -0.25) is 9.78 Å². The van der Waals surface area contributed by atoms with Crippen LogP contribution in [-0.4, -0.2) is 35.0 Å². The smallest absolute Gasteiger partial charge is 0.270 e. The molecular weight excluding hydrogens is 300 g/mol. The molecule has 1 amide bonds. The molecule has 5 nitrogen and oxygen atoms in total. The van der Waals surface area contributed by atoms with E-state index in [1.807, 2.05) is 18.2 Å². The van der Waals surface area contributed by atoms with Crippen molar-refractivity contribution in [3.05, 3.63) is 53.4 Å². The van der Waals surface area contributed by atoms with Gasteiger partial charge in [-0.25, -0.2) is 4.98 Å². The fraction of sp³-hybridized carbons (Fsp3) is 0.312. The third-order valence-electron chi connectivity index (χ3n) is 3.76. The molecule has 0 bridgehead atoms. The van der Waals surface area contributed by atoms with Crippen LogP contribution in [0.4, 0.5) is 5.82 Å². The first-order valence-electron chi connectivity index (χ1n) is 7.31. The number of pyridine rings is 2. The first kappa shape index (κ1) is 14.8. The summed E-state index contributed by atoms with van der Waals surface area (Å²) in [7, 11) is 0. The summed E-state index contributed by atoms with van der Waals surface area (Å²) >= 11 is 5.85. The molecule has 22 heavy (non-hydrogen) atoms. The lowest BCUT2D eigenvalue weighted by Crippen LogP contribution is -2.45. The van der Waals surface area contributed by atoms with E-state index in [1.54, 1.807) is 24.5 Å². The quantitative estimate of drug-likeness (QED) is 0.945. The lowest BCUT2D eigenvalue weighted by atomic mass is 10.0. The minimum Gasteiger partial charge on any atom is -0.356 e. The summed E-state index contributed by atoms with van der Waals surface area (Å²) in [4.78, 5) is 22.7. The minimum absolute atomic E-state index is 0.108. The van der Waals surface area contributed by atoms with Crippen molar-refractivity contribution in [2.75, 3.05) is 18.0 Å². The van der Waals surface area contributed by atoms with Crippen LogP contribution in [0.2, 0.25) is 5.02 Å². The van der Waals surface area contributed by atoms with Crippen molar-refractivity contribution in [1.29, 1.82) is 0 Å². The second-order valence-electron chi connectivity index (χ2n) is 5.28. The molecule has 1 N–H and O–H groups in total. The number of aromatic nitrogens is 2. The standard InChI is InChI=1S/C16H17ClN4O/c17-12-4-5-15(19-11-12)21-9-6-13(7-10-21)20-16(22)14-3-1-2-8-18-14/h1-5,8,11,13H,6-7,9-10H2,(H,20,22). The van der Waals surface area contributed by atoms with Crippen LogP contribution in [0.25, 0.3) is 0 Å². The summed E-state index contributed by atoms with van der Waals surface area (Å²) in [6, 6.07) is 9.29. The zero-order valence-electron chi connectivity index (χ0n) is 12.1. The average Bonchev–Trinajstić information content (AvgIpc) is 2.57. The Morgan fingerprint density at radius 2 is 2.00 bits per heavy atom. The Morgan fingerprint density at radius 1 is 1.18 bits per heavy atom.